The van der Waals surface area contributed by atoms with Crippen molar-refractivity contribution < 1.29 is 19.7 Å². The Morgan fingerprint density at radius 3 is 2.77 bits per heavy atom. The highest BCUT2D eigenvalue weighted by molar-refractivity contribution is 5.42. The molecular formula is C17H27NO4. The summed E-state index contributed by atoms with van der Waals surface area (Å²) >= 11 is 0. The van der Waals surface area contributed by atoms with Gasteiger partial charge < -0.3 is 19.7 Å². The van der Waals surface area contributed by atoms with Crippen LogP contribution >= 0.6 is 0 Å². The Hall–Kier alpha value is -1.30. The third-order valence-electron chi connectivity index (χ3n) is 4.42. The monoisotopic (exact) mass is 309 g/mol. The number of nitrogens with zero attached hydrogens (tertiary/aromatic N) is 1. The van der Waals surface area contributed by atoms with Crippen LogP contribution in [0.2, 0.25) is 0 Å². The average Bonchev–Trinajstić information content (AvgIpc) is 2.56. The third-order valence-corrected chi connectivity index (χ3v) is 4.42. The summed E-state index contributed by atoms with van der Waals surface area (Å²) in [6.07, 6.45) is 3.59. The van der Waals surface area contributed by atoms with Crippen LogP contribution in [0.4, 0.5) is 0 Å². The van der Waals surface area contributed by atoms with Crippen molar-refractivity contribution in [2.24, 2.45) is 0 Å². The van der Waals surface area contributed by atoms with Crippen LogP contribution in [0.5, 0.6) is 11.5 Å². The zero-order valence-corrected chi connectivity index (χ0v) is 13.5. The summed E-state index contributed by atoms with van der Waals surface area (Å²) in [6, 6.07) is 5.84. The summed E-state index contributed by atoms with van der Waals surface area (Å²) in [5.41, 5.74) is 0.775. The van der Waals surface area contributed by atoms with Crippen molar-refractivity contribution in [3.8, 4) is 11.5 Å². The van der Waals surface area contributed by atoms with Gasteiger partial charge in [0, 0.05) is 30.8 Å². The maximum atomic E-state index is 10.6. The molecule has 1 aliphatic heterocycles. The molecule has 5 heteroatoms. The van der Waals surface area contributed by atoms with Gasteiger partial charge in [0.2, 0.25) is 0 Å². The molecule has 1 saturated heterocycles. The highest BCUT2D eigenvalue weighted by atomic mass is 16.5. The molecule has 124 valence electrons. The summed E-state index contributed by atoms with van der Waals surface area (Å²) in [7, 11) is 3.21. The van der Waals surface area contributed by atoms with Crippen LogP contribution in [-0.4, -0.2) is 55.1 Å². The van der Waals surface area contributed by atoms with E-state index in [1.54, 1.807) is 20.3 Å². The number of rotatable bonds is 7. The first kappa shape index (κ1) is 17.1. The molecule has 22 heavy (non-hydrogen) atoms. The topological polar surface area (TPSA) is 62.2 Å². The van der Waals surface area contributed by atoms with E-state index in [2.05, 4.69) is 4.90 Å². The van der Waals surface area contributed by atoms with E-state index in [-0.39, 0.29) is 6.61 Å². The Labute approximate surface area is 132 Å². The van der Waals surface area contributed by atoms with Crippen molar-refractivity contribution >= 4 is 0 Å². The molecule has 0 spiro atoms. The van der Waals surface area contributed by atoms with Gasteiger partial charge in [-0.15, -0.1) is 0 Å². The highest BCUT2D eigenvalue weighted by Crippen LogP contribution is 2.31. The molecule has 0 radical (unpaired) electrons. The van der Waals surface area contributed by atoms with Gasteiger partial charge in [-0.05, 0) is 37.9 Å². The zero-order valence-electron chi connectivity index (χ0n) is 13.5. The first-order valence-corrected chi connectivity index (χ1v) is 7.94. The zero-order chi connectivity index (χ0) is 15.9. The molecule has 5 nitrogen and oxygen atoms in total. The van der Waals surface area contributed by atoms with Crippen LogP contribution < -0.4 is 9.47 Å². The maximum Gasteiger partial charge on any atom is 0.128 e. The number of benzene rings is 1. The van der Waals surface area contributed by atoms with Gasteiger partial charge in [0.25, 0.3) is 0 Å². The Balaban J connectivity index is 2.08. The maximum absolute atomic E-state index is 10.6. The fraction of sp³-hybridized carbons (Fsp3) is 0.647. The lowest BCUT2D eigenvalue weighted by Gasteiger charge is -2.36. The van der Waals surface area contributed by atoms with Gasteiger partial charge in [-0.1, -0.05) is 6.42 Å². The lowest BCUT2D eigenvalue weighted by atomic mass is 9.98. The van der Waals surface area contributed by atoms with Crippen molar-refractivity contribution in [3.05, 3.63) is 23.8 Å². The van der Waals surface area contributed by atoms with E-state index in [4.69, 9.17) is 9.47 Å². The number of methoxy groups -OCH3 is 2. The van der Waals surface area contributed by atoms with E-state index in [9.17, 15) is 10.2 Å². The van der Waals surface area contributed by atoms with Crippen molar-refractivity contribution in [1.82, 2.24) is 4.90 Å². The smallest absolute Gasteiger partial charge is 0.128 e. The van der Waals surface area contributed by atoms with E-state index in [1.807, 2.05) is 12.1 Å². The number of hydrogen-bond donors (Lipinski definition) is 2. The minimum atomic E-state index is -0.611. The van der Waals surface area contributed by atoms with Crippen LogP contribution in [-0.2, 0) is 0 Å². The predicted molar refractivity (Wildman–Crippen MR) is 85.4 cm³/mol. The van der Waals surface area contributed by atoms with E-state index >= 15 is 0 Å². The molecule has 0 aromatic heterocycles. The van der Waals surface area contributed by atoms with Gasteiger partial charge in [-0.3, -0.25) is 4.90 Å². The fourth-order valence-electron chi connectivity index (χ4n) is 3.19. The quantitative estimate of drug-likeness (QED) is 0.806. The molecule has 0 bridgehead atoms. The number of β-amino-alcohol motifs (C(OH)–C–C–N with tert-alkyl or cyclic N) is 1. The summed E-state index contributed by atoms with van der Waals surface area (Å²) in [6.45, 7) is 1.73. The Morgan fingerprint density at radius 1 is 1.27 bits per heavy atom. The van der Waals surface area contributed by atoms with Crippen molar-refractivity contribution in [2.75, 3.05) is 33.9 Å². The van der Waals surface area contributed by atoms with Crippen LogP contribution in [0.1, 0.15) is 37.4 Å². The summed E-state index contributed by atoms with van der Waals surface area (Å²) in [4.78, 5) is 2.29. The van der Waals surface area contributed by atoms with Gasteiger partial charge >= 0.3 is 0 Å². The normalized spacial score (nSPS) is 20.6. The Kier molecular flexibility index (Phi) is 6.49. The standard InChI is InChI=1S/C17H27NO4/c1-21-14-6-7-15(17(11-14)22-2)16(20)12-18-9-4-3-5-13(18)8-10-19/h6-7,11,13,16,19-20H,3-5,8-10,12H2,1-2H3. The number of piperidine rings is 1. The van der Waals surface area contributed by atoms with E-state index in [1.165, 1.54) is 6.42 Å². The van der Waals surface area contributed by atoms with Crippen molar-refractivity contribution in [3.63, 3.8) is 0 Å². The number of aliphatic hydroxyl groups excluding tert-OH is 2. The molecule has 0 saturated carbocycles. The molecule has 1 fully saturated rings. The summed E-state index contributed by atoms with van der Waals surface area (Å²) < 4.78 is 10.6. The SMILES string of the molecule is COc1ccc(C(O)CN2CCCCC2CCO)c(OC)c1. The molecule has 1 aromatic rings. The highest BCUT2D eigenvalue weighted by Gasteiger charge is 2.25. The summed E-state index contributed by atoms with van der Waals surface area (Å²) in [5.74, 6) is 1.35. The molecule has 1 aliphatic rings. The number of ether oxygens (including phenoxy) is 2. The molecule has 0 aliphatic carbocycles. The van der Waals surface area contributed by atoms with Gasteiger partial charge in [0.15, 0.2) is 0 Å². The summed E-state index contributed by atoms with van der Waals surface area (Å²) in [5, 5.41) is 19.8. The van der Waals surface area contributed by atoms with Gasteiger partial charge in [0.05, 0.1) is 20.3 Å². The predicted octanol–water partition coefficient (Wildman–Crippen LogP) is 1.97. The second-order valence-corrected chi connectivity index (χ2v) is 5.78. The van der Waals surface area contributed by atoms with E-state index in [0.717, 1.165) is 31.4 Å². The van der Waals surface area contributed by atoms with Crippen LogP contribution in [0.15, 0.2) is 18.2 Å². The second kappa shape index (κ2) is 8.36. The lowest BCUT2D eigenvalue weighted by molar-refractivity contribution is 0.0554. The second-order valence-electron chi connectivity index (χ2n) is 5.78. The Bertz CT molecular complexity index is 464. The van der Waals surface area contributed by atoms with Crippen LogP contribution in [0.25, 0.3) is 0 Å². The number of likely N-dealkylation sites (tertiary alicyclic amines) is 1. The first-order chi connectivity index (χ1) is 10.7. The number of aliphatic hydroxyl groups is 2. The molecule has 2 unspecified atom stereocenters. The van der Waals surface area contributed by atoms with Gasteiger partial charge in [0.1, 0.15) is 11.5 Å². The minimum absolute atomic E-state index is 0.198. The van der Waals surface area contributed by atoms with Crippen molar-refractivity contribution in [2.45, 2.75) is 37.8 Å². The molecule has 2 N–H and O–H groups in total. The third kappa shape index (κ3) is 4.12. The average molecular weight is 309 g/mol. The van der Waals surface area contributed by atoms with E-state index < -0.39 is 6.10 Å². The molecule has 0 amide bonds. The molecule has 2 atom stereocenters. The first-order valence-electron chi connectivity index (χ1n) is 7.94. The van der Waals surface area contributed by atoms with Crippen LogP contribution in [0.3, 0.4) is 0 Å². The fourth-order valence-corrected chi connectivity index (χ4v) is 3.19. The van der Waals surface area contributed by atoms with Crippen LogP contribution in [0, 0.1) is 0 Å². The molecule has 2 rings (SSSR count). The molecule has 1 aromatic carbocycles. The van der Waals surface area contributed by atoms with Crippen molar-refractivity contribution in [1.29, 1.82) is 0 Å². The number of hydrogen-bond acceptors (Lipinski definition) is 5. The lowest BCUT2D eigenvalue weighted by Crippen LogP contribution is -2.42. The van der Waals surface area contributed by atoms with Gasteiger partial charge in [-0.25, -0.2) is 0 Å². The Morgan fingerprint density at radius 2 is 2.09 bits per heavy atom. The van der Waals surface area contributed by atoms with Gasteiger partial charge in [-0.2, -0.15) is 0 Å². The largest absolute Gasteiger partial charge is 0.497 e. The van der Waals surface area contributed by atoms with E-state index in [0.29, 0.717) is 24.1 Å². The molecule has 1 heterocycles. The minimum Gasteiger partial charge on any atom is -0.497 e. The molecular weight excluding hydrogens is 282 g/mol.